The molecule has 2 N–H and O–H groups in total. The average Bonchev–Trinajstić information content (AvgIpc) is 2.90. The Hall–Kier alpha value is -2.65. The van der Waals surface area contributed by atoms with E-state index in [1.807, 2.05) is 39.8 Å². The largest absolute Gasteiger partial charge is 0.392 e. The first-order valence-electron chi connectivity index (χ1n) is 8.32. The van der Waals surface area contributed by atoms with Crippen molar-refractivity contribution in [2.75, 3.05) is 6.54 Å². The van der Waals surface area contributed by atoms with Crippen LogP contribution in [0.1, 0.15) is 54.0 Å². The summed E-state index contributed by atoms with van der Waals surface area (Å²) in [5.41, 5.74) is 4.37. The van der Waals surface area contributed by atoms with Gasteiger partial charge in [-0.1, -0.05) is 6.07 Å². The molecule has 0 radical (unpaired) electrons. The summed E-state index contributed by atoms with van der Waals surface area (Å²) in [6.07, 6.45) is -0.611. The highest BCUT2D eigenvalue weighted by Gasteiger charge is 2.23. The zero-order valence-corrected chi connectivity index (χ0v) is 15.3. The number of aliphatic hydroxyl groups is 1. The molecule has 132 valence electrons. The number of amides is 1. The summed E-state index contributed by atoms with van der Waals surface area (Å²) < 4.78 is 1.70. The van der Waals surface area contributed by atoms with Crippen molar-refractivity contribution in [1.82, 2.24) is 15.1 Å². The number of aliphatic hydroxyl groups excluding tert-OH is 1. The molecule has 6 nitrogen and oxygen atoms in total. The molecule has 0 aliphatic rings. The summed E-state index contributed by atoms with van der Waals surface area (Å²) in [4.78, 5) is 12.6. The predicted molar refractivity (Wildman–Crippen MR) is 96.3 cm³/mol. The van der Waals surface area contributed by atoms with Gasteiger partial charge in [0.1, 0.15) is 5.69 Å². The van der Waals surface area contributed by atoms with Gasteiger partial charge in [0.2, 0.25) is 0 Å². The first kappa shape index (κ1) is 18.7. The maximum atomic E-state index is 12.6. The monoisotopic (exact) mass is 340 g/mol. The molecule has 1 aromatic carbocycles. The summed E-state index contributed by atoms with van der Waals surface area (Å²) in [7, 11) is 0. The normalized spacial score (nSPS) is 12.1. The SMILES string of the molecule is Cc1cc(-c2nn(C(C)C)c(C(=O)NC[C@H](C)O)c2C)ccc1C#N. The standard InChI is InChI=1S/C19H24N4O2/c1-11(2)23-18(19(25)21-10-13(4)24)14(5)17(22-23)15-6-7-16(9-20)12(3)8-15/h6-8,11,13,24H,10H2,1-5H3,(H,21,25)/t13-/m0/s1. The van der Waals surface area contributed by atoms with Gasteiger partial charge in [-0.3, -0.25) is 9.48 Å². The number of carbonyl (C=O) groups excluding carboxylic acids is 1. The second kappa shape index (κ2) is 7.49. The number of hydrogen-bond acceptors (Lipinski definition) is 4. The lowest BCUT2D eigenvalue weighted by Gasteiger charge is -2.12. The van der Waals surface area contributed by atoms with Gasteiger partial charge in [-0.2, -0.15) is 10.4 Å². The van der Waals surface area contributed by atoms with Crippen LogP contribution in [0.4, 0.5) is 0 Å². The minimum atomic E-state index is -0.611. The van der Waals surface area contributed by atoms with Crippen LogP contribution in [0.2, 0.25) is 0 Å². The predicted octanol–water partition coefficient (Wildman–Crippen LogP) is 2.73. The fourth-order valence-corrected chi connectivity index (χ4v) is 2.70. The molecule has 0 bridgehead atoms. The Morgan fingerprint density at radius 1 is 1.36 bits per heavy atom. The molecule has 2 rings (SSSR count). The van der Waals surface area contributed by atoms with E-state index in [4.69, 9.17) is 5.26 Å². The zero-order chi connectivity index (χ0) is 18.7. The van der Waals surface area contributed by atoms with Gasteiger partial charge in [-0.15, -0.1) is 0 Å². The molecule has 0 saturated heterocycles. The van der Waals surface area contributed by atoms with E-state index in [1.165, 1.54) is 0 Å². The molecule has 25 heavy (non-hydrogen) atoms. The second-order valence-corrected chi connectivity index (χ2v) is 6.56. The zero-order valence-electron chi connectivity index (χ0n) is 15.3. The number of nitriles is 1. The van der Waals surface area contributed by atoms with Crippen LogP contribution in [-0.4, -0.2) is 33.4 Å². The summed E-state index contributed by atoms with van der Waals surface area (Å²) in [6, 6.07) is 7.70. The Balaban J connectivity index is 2.51. The molecule has 0 unspecified atom stereocenters. The first-order chi connectivity index (χ1) is 11.8. The molecule has 1 aromatic heterocycles. The van der Waals surface area contributed by atoms with Crippen molar-refractivity contribution < 1.29 is 9.90 Å². The summed E-state index contributed by atoms with van der Waals surface area (Å²) in [5, 5.41) is 25.9. The molecule has 2 aromatic rings. The average molecular weight is 340 g/mol. The molecule has 6 heteroatoms. The number of aromatic nitrogens is 2. The number of benzene rings is 1. The van der Waals surface area contributed by atoms with Crippen LogP contribution in [0.15, 0.2) is 18.2 Å². The van der Waals surface area contributed by atoms with Crippen LogP contribution in [0.25, 0.3) is 11.3 Å². The van der Waals surface area contributed by atoms with Crippen LogP contribution >= 0.6 is 0 Å². The fourth-order valence-electron chi connectivity index (χ4n) is 2.70. The van der Waals surface area contributed by atoms with Crippen LogP contribution in [-0.2, 0) is 0 Å². The molecule has 0 aliphatic carbocycles. The van der Waals surface area contributed by atoms with E-state index in [2.05, 4.69) is 16.5 Å². The summed E-state index contributed by atoms with van der Waals surface area (Å²) in [5.74, 6) is -0.254. The van der Waals surface area contributed by atoms with E-state index < -0.39 is 6.10 Å². The molecule has 0 saturated carbocycles. The summed E-state index contributed by atoms with van der Waals surface area (Å²) in [6.45, 7) is 9.49. The van der Waals surface area contributed by atoms with E-state index in [9.17, 15) is 9.90 Å². The molecular weight excluding hydrogens is 316 g/mol. The van der Waals surface area contributed by atoms with Crippen molar-refractivity contribution in [2.24, 2.45) is 0 Å². The second-order valence-electron chi connectivity index (χ2n) is 6.56. The minimum absolute atomic E-state index is 0.0132. The van der Waals surface area contributed by atoms with Crippen LogP contribution in [0, 0.1) is 25.2 Å². The van der Waals surface area contributed by atoms with Crippen molar-refractivity contribution in [3.8, 4) is 17.3 Å². The third kappa shape index (κ3) is 3.89. The van der Waals surface area contributed by atoms with Gasteiger partial charge in [0, 0.05) is 23.7 Å². The van der Waals surface area contributed by atoms with E-state index in [0.29, 0.717) is 11.3 Å². The van der Waals surface area contributed by atoms with Crippen molar-refractivity contribution in [3.05, 3.63) is 40.6 Å². The van der Waals surface area contributed by atoms with Gasteiger partial charge >= 0.3 is 0 Å². The van der Waals surface area contributed by atoms with E-state index in [1.54, 1.807) is 17.7 Å². The lowest BCUT2D eigenvalue weighted by Crippen LogP contribution is -2.32. The fraction of sp³-hybridized carbons (Fsp3) is 0.421. The number of carbonyl (C=O) groups is 1. The van der Waals surface area contributed by atoms with Crippen molar-refractivity contribution in [1.29, 1.82) is 5.26 Å². The highest BCUT2D eigenvalue weighted by Crippen LogP contribution is 2.28. The van der Waals surface area contributed by atoms with Crippen molar-refractivity contribution >= 4 is 5.91 Å². The molecule has 1 atom stereocenters. The molecule has 1 amide bonds. The smallest absolute Gasteiger partial charge is 0.269 e. The van der Waals surface area contributed by atoms with E-state index in [-0.39, 0.29) is 18.5 Å². The van der Waals surface area contributed by atoms with Gasteiger partial charge < -0.3 is 10.4 Å². The molecule has 0 fully saturated rings. The quantitative estimate of drug-likeness (QED) is 0.875. The van der Waals surface area contributed by atoms with Crippen LogP contribution < -0.4 is 5.32 Å². The molecular formula is C19H24N4O2. The van der Waals surface area contributed by atoms with E-state index >= 15 is 0 Å². The number of nitrogens with zero attached hydrogens (tertiary/aromatic N) is 3. The van der Waals surface area contributed by atoms with Gasteiger partial charge in [0.15, 0.2) is 0 Å². The number of nitrogens with one attached hydrogen (secondary N) is 1. The maximum absolute atomic E-state index is 12.6. The highest BCUT2D eigenvalue weighted by atomic mass is 16.3. The van der Waals surface area contributed by atoms with E-state index in [0.717, 1.165) is 22.4 Å². The van der Waals surface area contributed by atoms with Gasteiger partial charge in [0.25, 0.3) is 5.91 Å². The molecule has 0 spiro atoms. The lowest BCUT2D eigenvalue weighted by molar-refractivity contribution is 0.0911. The molecule has 1 heterocycles. The molecule has 0 aliphatic heterocycles. The van der Waals surface area contributed by atoms with Crippen molar-refractivity contribution in [3.63, 3.8) is 0 Å². The maximum Gasteiger partial charge on any atom is 0.269 e. The Morgan fingerprint density at radius 3 is 2.56 bits per heavy atom. The van der Waals surface area contributed by atoms with Gasteiger partial charge in [-0.25, -0.2) is 0 Å². The Morgan fingerprint density at radius 2 is 2.04 bits per heavy atom. The van der Waals surface area contributed by atoms with Crippen LogP contribution in [0.5, 0.6) is 0 Å². The lowest BCUT2D eigenvalue weighted by atomic mass is 10.0. The highest BCUT2D eigenvalue weighted by molar-refractivity contribution is 5.95. The van der Waals surface area contributed by atoms with Crippen molar-refractivity contribution in [2.45, 2.75) is 46.8 Å². The van der Waals surface area contributed by atoms with Gasteiger partial charge in [0.05, 0.1) is 23.4 Å². The Kier molecular flexibility index (Phi) is 5.60. The number of rotatable bonds is 5. The Labute approximate surface area is 148 Å². The Bertz CT molecular complexity index is 829. The summed E-state index contributed by atoms with van der Waals surface area (Å²) >= 11 is 0. The minimum Gasteiger partial charge on any atom is -0.392 e. The third-order valence-electron chi connectivity index (χ3n) is 4.03. The van der Waals surface area contributed by atoms with Crippen LogP contribution in [0.3, 0.4) is 0 Å². The number of aryl methyl sites for hydroxylation is 1. The van der Waals surface area contributed by atoms with Gasteiger partial charge in [-0.05, 0) is 52.3 Å². The topological polar surface area (TPSA) is 90.9 Å². The third-order valence-corrected chi connectivity index (χ3v) is 4.03. The number of hydrogen-bond donors (Lipinski definition) is 2. The first-order valence-corrected chi connectivity index (χ1v) is 8.32.